The largest absolute Gasteiger partial charge is 0.495 e. The van der Waals surface area contributed by atoms with E-state index in [0.717, 1.165) is 12.8 Å². The van der Waals surface area contributed by atoms with Crippen LogP contribution in [0, 0.1) is 5.82 Å². The molecule has 0 unspecified atom stereocenters. The second-order valence-corrected chi connectivity index (χ2v) is 4.73. The Morgan fingerprint density at radius 3 is 2.71 bits per heavy atom. The Labute approximate surface area is 103 Å². The molecule has 0 aliphatic heterocycles. The average molecular weight is 259 g/mol. The highest BCUT2D eigenvalue weighted by Crippen LogP contribution is 2.55. The molecular formula is C12H12ClFO3. The molecule has 1 fully saturated rings. The highest BCUT2D eigenvalue weighted by Gasteiger charge is 2.48. The first-order valence-corrected chi connectivity index (χ1v) is 5.61. The molecule has 0 amide bonds. The Morgan fingerprint density at radius 1 is 1.59 bits per heavy atom. The third-order valence-electron chi connectivity index (χ3n) is 3.13. The van der Waals surface area contributed by atoms with Crippen LogP contribution in [0.4, 0.5) is 4.39 Å². The number of hydrogen-bond acceptors (Lipinski definition) is 2. The normalized spacial score (nSPS) is 16.6. The number of carbonyl (C=O) groups is 1. The zero-order chi connectivity index (χ0) is 12.6. The molecule has 1 saturated carbocycles. The van der Waals surface area contributed by atoms with Gasteiger partial charge >= 0.3 is 5.97 Å². The number of methoxy groups -OCH3 is 1. The predicted molar refractivity (Wildman–Crippen MR) is 61.1 cm³/mol. The van der Waals surface area contributed by atoms with E-state index in [4.69, 9.17) is 21.4 Å². The SMILES string of the molecule is COc1c(Cl)cc(F)cc1C1(CC(=O)O)CC1. The molecule has 1 aromatic rings. The van der Waals surface area contributed by atoms with E-state index in [1.165, 1.54) is 19.2 Å². The number of rotatable bonds is 4. The van der Waals surface area contributed by atoms with Crippen molar-refractivity contribution in [3.05, 3.63) is 28.5 Å². The molecule has 0 spiro atoms. The molecular weight excluding hydrogens is 247 g/mol. The highest BCUT2D eigenvalue weighted by atomic mass is 35.5. The first-order valence-electron chi connectivity index (χ1n) is 5.24. The molecule has 1 N–H and O–H groups in total. The second kappa shape index (κ2) is 4.18. The lowest BCUT2D eigenvalue weighted by atomic mass is 9.91. The van der Waals surface area contributed by atoms with Crippen molar-refractivity contribution in [3.63, 3.8) is 0 Å². The van der Waals surface area contributed by atoms with Gasteiger partial charge in [-0.05, 0) is 25.0 Å². The van der Waals surface area contributed by atoms with E-state index in [-0.39, 0.29) is 11.4 Å². The van der Waals surface area contributed by atoms with Gasteiger partial charge in [0.15, 0.2) is 0 Å². The van der Waals surface area contributed by atoms with Gasteiger partial charge in [-0.15, -0.1) is 0 Å². The van der Waals surface area contributed by atoms with Crippen LogP contribution in [0.1, 0.15) is 24.8 Å². The summed E-state index contributed by atoms with van der Waals surface area (Å²) in [4.78, 5) is 10.8. The van der Waals surface area contributed by atoms with Gasteiger partial charge in [0, 0.05) is 11.0 Å². The average Bonchev–Trinajstić information content (AvgIpc) is 2.96. The second-order valence-electron chi connectivity index (χ2n) is 4.32. The Morgan fingerprint density at radius 2 is 2.24 bits per heavy atom. The summed E-state index contributed by atoms with van der Waals surface area (Å²) < 4.78 is 18.5. The molecule has 17 heavy (non-hydrogen) atoms. The van der Waals surface area contributed by atoms with Crippen molar-refractivity contribution in [1.29, 1.82) is 0 Å². The summed E-state index contributed by atoms with van der Waals surface area (Å²) >= 11 is 5.89. The van der Waals surface area contributed by atoms with E-state index >= 15 is 0 Å². The number of carboxylic acid groups (broad SMARTS) is 1. The fourth-order valence-corrected chi connectivity index (χ4v) is 2.43. The summed E-state index contributed by atoms with van der Waals surface area (Å²) in [6.07, 6.45) is 1.41. The quantitative estimate of drug-likeness (QED) is 0.903. The standard InChI is InChI=1S/C12H12ClFO3/c1-17-11-8(4-7(14)5-9(11)13)12(2-3-12)6-10(15)16/h4-5H,2-3,6H2,1H3,(H,15,16). The number of benzene rings is 1. The molecule has 5 heteroatoms. The van der Waals surface area contributed by atoms with Crippen molar-refractivity contribution in [3.8, 4) is 5.75 Å². The van der Waals surface area contributed by atoms with Crippen LogP contribution in [0.3, 0.4) is 0 Å². The molecule has 0 radical (unpaired) electrons. The first kappa shape index (κ1) is 12.2. The summed E-state index contributed by atoms with van der Waals surface area (Å²) in [6, 6.07) is 2.49. The summed E-state index contributed by atoms with van der Waals surface area (Å²) in [6.45, 7) is 0. The van der Waals surface area contributed by atoms with Gasteiger partial charge < -0.3 is 9.84 Å². The van der Waals surface area contributed by atoms with E-state index in [1.54, 1.807) is 0 Å². The van der Waals surface area contributed by atoms with Crippen LogP contribution < -0.4 is 4.74 Å². The molecule has 92 valence electrons. The third-order valence-corrected chi connectivity index (χ3v) is 3.41. The van der Waals surface area contributed by atoms with Crippen molar-refractivity contribution < 1.29 is 19.0 Å². The van der Waals surface area contributed by atoms with Gasteiger partial charge in [-0.2, -0.15) is 0 Å². The first-order chi connectivity index (χ1) is 7.98. The Hall–Kier alpha value is -1.29. The zero-order valence-corrected chi connectivity index (χ0v) is 10.1. The van der Waals surface area contributed by atoms with Crippen LogP contribution in [0.5, 0.6) is 5.75 Å². The van der Waals surface area contributed by atoms with Gasteiger partial charge in [-0.1, -0.05) is 11.6 Å². The van der Waals surface area contributed by atoms with E-state index in [0.29, 0.717) is 11.3 Å². The highest BCUT2D eigenvalue weighted by molar-refractivity contribution is 6.32. The zero-order valence-electron chi connectivity index (χ0n) is 9.30. The fraction of sp³-hybridized carbons (Fsp3) is 0.417. The molecule has 1 aromatic carbocycles. The number of hydrogen-bond donors (Lipinski definition) is 1. The molecule has 2 rings (SSSR count). The smallest absolute Gasteiger partial charge is 0.304 e. The van der Waals surface area contributed by atoms with Gasteiger partial charge in [0.2, 0.25) is 0 Å². The lowest BCUT2D eigenvalue weighted by molar-refractivity contribution is -0.137. The Bertz CT molecular complexity index is 469. The lowest BCUT2D eigenvalue weighted by Crippen LogP contribution is -2.14. The van der Waals surface area contributed by atoms with E-state index in [2.05, 4.69) is 0 Å². The van der Waals surface area contributed by atoms with Gasteiger partial charge in [-0.25, -0.2) is 4.39 Å². The maximum atomic E-state index is 13.4. The van der Waals surface area contributed by atoms with E-state index in [9.17, 15) is 9.18 Å². The maximum absolute atomic E-state index is 13.4. The van der Waals surface area contributed by atoms with Crippen LogP contribution in [0.25, 0.3) is 0 Å². The summed E-state index contributed by atoms with van der Waals surface area (Å²) in [5, 5.41) is 9.06. The van der Waals surface area contributed by atoms with Crippen molar-refractivity contribution in [2.45, 2.75) is 24.7 Å². The van der Waals surface area contributed by atoms with Crippen molar-refractivity contribution in [1.82, 2.24) is 0 Å². The number of ether oxygens (including phenoxy) is 1. The minimum atomic E-state index is -0.898. The minimum Gasteiger partial charge on any atom is -0.495 e. The number of carboxylic acids is 1. The lowest BCUT2D eigenvalue weighted by Gasteiger charge is -2.18. The predicted octanol–water partition coefficient (Wildman–Crippen LogP) is 2.99. The molecule has 0 bridgehead atoms. The van der Waals surface area contributed by atoms with Crippen LogP contribution in [-0.4, -0.2) is 18.2 Å². The van der Waals surface area contributed by atoms with E-state index in [1.807, 2.05) is 0 Å². The van der Waals surface area contributed by atoms with Gasteiger partial charge in [-0.3, -0.25) is 4.79 Å². The Balaban J connectivity index is 2.47. The van der Waals surface area contributed by atoms with Crippen molar-refractivity contribution in [2.24, 2.45) is 0 Å². The van der Waals surface area contributed by atoms with Gasteiger partial charge in [0.05, 0.1) is 18.6 Å². The third kappa shape index (κ3) is 2.22. The maximum Gasteiger partial charge on any atom is 0.304 e. The summed E-state index contributed by atoms with van der Waals surface area (Å²) in [7, 11) is 1.44. The van der Waals surface area contributed by atoms with E-state index < -0.39 is 17.2 Å². The van der Waals surface area contributed by atoms with Crippen LogP contribution in [-0.2, 0) is 10.2 Å². The number of aliphatic carboxylic acids is 1. The monoisotopic (exact) mass is 258 g/mol. The molecule has 0 aromatic heterocycles. The minimum absolute atomic E-state index is 0.0247. The molecule has 0 heterocycles. The fourth-order valence-electron chi connectivity index (χ4n) is 2.14. The molecule has 0 atom stereocenters. The van der Waals surface area contributed by atoms with Crippen molar-refractivity contribution >= 4 is 17.6 Å². The Kier molecular flexibility index (Phi) is 3.00. The van der Waals surface area contributed by atoms with Crippen LogP contribution in [0.15, 0.2) is 12.1 Å². The van der Waals surface area contributed by atoms with Crippen molar-refractivity contribution in [2.75, 3.05) is 7.11 Å². The van der Waals surface area contributed by atoms with Crippen LogP contribution >= 0.6 is 11.6 Å². The molecule has 1 aliphatic carbocycles. The summed E-state index contributed by atoms with van der Waals surface area (Å²) in [5.74, 6) is -0.987. The number of halogens is 2. The molecule has 1 aliphatic rings. The topological polar surface area (TPSA) is 46.5 Å². The van der Waals surface area contributed by atoms with Crippen LogP contribution in [0.2, 0.25) is 5.02 Å². The van der Waals surface area contributed by atoms with Gasteiger partial charge in [0.25, 0.3) is 0 Å². The summed E-state index contributed by atoms with van der Waals surface area (Å²) in [5.41, 5.74) is 0.0514. The molecule has 3 nitrogen and oxygen atoms in total. The van der Waals surface area contributed by atoms with Gasteiger partial charge in [0.1, 0.15) is 11.6 Å². The molecule has 0 saturated heterocycles.